The fourth-order valence-corrected chi connectivity index (χ4v) is 5.17. The molecule has 0 unspecified atom stereocenters. The zero-order valence-corrected chi connectivity index (χ0v) is 21.2. The number of primary amides is 1. The van der Waals surface area contributed by atoms with Crippen molar-refractivity contribution in [3.05, 3.63) is 76.8 Å². The van der Waals surface area contributed by atoms with E-state index in [1.807, 2.05) is 0 Å². The van der Waals surface area contributed by atoms with Gasteiger partial charge < -0.3 is 16.0 Å². The molecule has 12 heteroatoms. The van der Waals surface area contributed by atoms with Crippen molar-refractivity contribution < 1.29 is 14.4 Å². The van der Waals surface area contributed by atoms with Gasteiger partial charge in [0, 0.05) is 23.2 Å². The van der Waals surface area contributed by atoms with Crippen LogP contribution in [0.3, 0.4) is 0 Å². The third-order valence-corrected chi connectivity index (χ3v) is 7.05. The summed E-state index contributed by atoms with van der Waals surface area (Å²) in [5.74, 6) is 5.20. The Morgan fingerprint density at radius 1 is 1.10 bits per heavy atom. The number of halogens is 1. The maximum Gasteiger partial charge on any atom is 0.269 e. The number of amides is 3. The Hall–Kier alpha value is -4.82. The number of nitrogens with one attached hydrogen (secondary N) is 1. The van der Waals surface area contributed by atoms with Gasteiger partial charge in [0.2, 0.25) is 11.8 Å². The second-order valence-corrected chi connectivity index (χ2v) is 9.80. The average molecular weight is 541 g/mol. The molecule has 1 aliphatic heterocycles. The molecule has 1 aromatic carbocycles. The molecule has 1 saturated carbocycles. The molecule has 11 nitrogen and oxygen atoms in total. The first kappa shape index (κ1) is 24.5. The number of nitrogens with zero attached hydrogens (tertiary/aromatic N) is 6. The molecule has 3 amide bonds. The van der Waals surface area contributed by atoms with E-state index in [1.54, 1.807) is 59.6 Å². The summed E-state index contributed by atoms with van der Waals surface area (Å²) in [6, 6.07) is 13.0. The average Bonchev–Trinajstić information content (AvgIpc) is 3.43. The lowest BCUT2D eigenvalue weighted by molar-refractivity contribution is -0.138. The minimum Gasteiger partial charge on any atom is -0.364 e. The molecule has 4 heterocycles. The molecular weight excluding hydrogens is 520 g/mol. The predicted octanol–water partition coefficient (Wildman–Crippen LogP) is 2.00. The van der Waals surface area contributed by atoms with Crippen LogP contribution < -0.4 is 11.1 Å². The van der Waals surface area contributed by atoms with Gasteiger partial charge in [-0.25, -0.2) is 4.98 Å². The van der Waals surface area contributed by atoms with Gasteiger partial charge >= 0.3 is 0 Å². The quantitative estimate of drug-likeness (QED) is 0.290. The van der Waals surface area contributed by atoms with Crippen LogP contribution in [0.15, 0.2) is 54.7 Å². The van der Waals surface area contributed by atoms with Crippen LogP contribution in [-0.2, 0) is 16.1 Å². The molecule has 1 aliphatic carbocycles. The van der Waals surface area contributed by atoms with E-state index in [0.29, 0.717) is 34.4 Å². The van der Waals surface area contributed by atoms with Gasteiger partial charge in [-0.05, 0) is 67.1 Å². The second-order valence-electron chi connectivity index (χ2n) is 9.41. The van der Waals surface area contributed by atoms with Gasteiger partial charge in [0.25, 0.3) is 5.91 Å². The number of hydrogen-bond donors (Lipinski definition) is 2. The number of piperidine rings is 1. The molecule has 4 aromatic rings. The first-order chi connectivity index (χ1) is 18.9. The van der Waals surface area contributed by atoms with Crippen molar-refractivity contribution in [2.45, 2.75) is 31.5 Å². The summed E-state index contributed by atoms with van der Waals surface area (Å²) in [6.07, 6.45) is 2.98. The lowest BCUT2D eigenvalue weighted by atomic mass is 10.1. The highest BCUT2D eigenvalue weighted by Crippen LogP contribution is 2.48. The summed E-state index contributed by atoms with van der Waals surface area (Å²) in [4.78, 5) is 44.5. The maximum atomic E-state index is 13.5. The smallest absolute Gasteiger partial charge is 0.269 e. The largest absolute Gasteiger partial charge is 0.364 e. The van der Waals surface area contributed by atoms with Crippen LogP contribution >= 0.6 is 11.6 Å². The normalized spacial score (nSPS) is 19.2. The molecule has 39 heavy (non-hydrogen) atoms. The third kappa shape index (κ3) is 4.89. The minimum atomic E-state index is -0.722. The van der Waals surface area contributed by atoms with Gasteiger partial charge in [-0.15, -0.1) is 5.10 Å². The highest BCUT2D eigenvalue weighted by atomic mass is 35.5. The van der Waals surface area contributed by atoms with Crippen molar-refractivity contribution in [1.29, 1.82) is 0 Å². The molecule has 3 aromatic heterocycles. The molecule has 0 radical (unpaired) electrons. The summed E-state index contributed by atoms with van der Waals surface area (Å²) in [7, 11) is 0. The van der Waals surface area contributed by atoms with Gasteiger partial charge in [-0.3, -0.25) is 19.1 Å². The monoisotopic (exact) mass is 540 g/mol. The Morgan fingerprint density at radius 2 is 1.97 bits per heavy atom. The topological polar surface area (TPSA) is 149 Å². The zero-order chi connectivity index (χ0) is 27.1. The lowest BCUT2D eigenvalue weighted by Crippen LogP contribution is -2.46. The maximum absolute atomic E-state index is 13.5. The summed E-state index contributed by atoms with van der Waals surface area (Å²) >= 11 is 5.93. The number of aromatic nitrogens is 5. The van der Waals surface area contributed by atoms with E-state index in [0.717, 1.165) is 6.42 Å². The van der Waals surface area contributed by atoms with Crippen molar-refractivity contribution >= 4 is 46.0 Å². The molecule has 1 saturated heterocycles. The fraction of sp³-hybridized carbons (Fsp3) is 0.222. The van der Waals surface area contributed by atoms with E-state index in [4.69, 9.17) is 17.3 Å². The van der Waals surface area contributed by atoms with Crippen LogP contribution in [0.2, 0.25) is 5.15 Å². The van der Waals surface area contributed by atoms with Crippen LogP contribution in [0.25, 0.3) is 10.9 Å². The summed E-state index contributed by atoms with van der Waals surface area (Å²) in [5, 5.41) is 15.6. The van der Waals surface area contributed by atoms with Crippen molar-refractivity contribution in [2.75, 3.05) is 5.32 Å². The number of benzene rings is 1. The molecule has 0 bridgehead atoms. The van der Waals surface area contributed by atoms with Crippen LogP contribution in [0.5, 0.6) is 0 Å². The van der Waals surface area contributed by atoms with E-state index in [1.165, 1.54) is 4.68 Å². The standard InChI is InChI=1S/C27H21ClN8O3/c28-22-4-1-5-23(31-22)32-27(39)21-13-16-12-20(16)36(21)24(37)14-35-19-9-7-15(6-8-17-3-2-10-30-33-17)11-18(19)25(34-35)26(29)38/h1-5,7,9-11,16,20-21H,12-14H2,(H2,29,38)(H,31,32,39)/t16-,20-,21+/m1/s1. The van der Waals surface area contributed by atoms with Crippen molar-refractivity contribution in [1.82, 2.24) is 29.9 Å². The third-order valence-electron chi connectivity index (χ3n) is 6.84. The van der Waals surface area contributed by atoms with E-state index in [9.17, 15) is 14.4 Å². The predicted molar refractivity (Wildman–Crippen MR) is 141 cm³/mol. The number of likely N-dealkylation sites (tertiary alicyclic amines) is 1. The van der Waals surface area contributed by atoms with Gasteiger partial charge in [-0.1, -0.05) is 23.6 Å². The summed E-state index contributed by atoms with van der Waals surface area (Å²) in [5.41, 5.74) is 7.31. The number of carbonyl (C=O) groups is 3. The van der Waals surface area contributed by atoms with Crippen molar-refractivity contribution in [2.24, 2.45) is 11.7 Å². The first-order valence-corrected chi connectivity index (χ1v) is 12.6. The number of fused-ring (bicyclic) bond motifs is 2. The highest BCUT2D eigenvalue weighted by molar-refractivity contribution is 6.29. The zero-order valence-electron chi connectivity index (χ0n) is 20.4. The Kier molecular flexibility index (Phi) is 6.17. The van der Waals surface area contributed by atoms with Crippen molar-refractivity contribution in [3.63, 3.8) is 0 Å². The minimum absolute atomic E-state index is 0.000899. The molecular formula is C27H21ClN8O3. The number of carbonyl (C=O) groups excluding carboxylic acids is 3. The van der Waals surface area contributed by atoms with Crippen LogP contribution in [0.4, 0.5) is 5.82 Å². The SMILES string of the molecule is NC(=O)c1nn(CC(=O)N2[C@@H]3C[C@@H]3C[C@H]2C(=O)Nc2cccc(Cl)n2)c2ccc(C#Cc3cccnn3)cc12. The van der Waals surface area contributed by atoms with Gasteiger partial charge in [0.1, 0.15) is 29.3 Å². The molecule has 194 valence electrons. The number of rotatable bonds is 5. The molecule has 2 aliphatic rings. The molecule has 0 spiro atoms. The summed E-state index contributed by atoms with van der Waals surface area (Å²) < 4.78 is 1.45. The Labute approximate surface area is 227 Å². The molecule has 3 atom stereocenters. The molecule has 3 N–H and O–H groups in total. The lowest BCUT2D eigenvalue weighted by Gasteiger charge is -2.26. The fourth-order valence-electron chi connectivity index (χ4n) is 5.01. The number of nitrogens with two attached hydrogens (primary N) is 1. The van der Waals surface area contributed by atoms with E-state index >= 15 is 0 Å². The van der Waals surface area contributed by atoms with Crippen LogP contribution in [-0.4, -0.2) is 59.7 Å². The van der Waals surface area contributed by atoms with E-state index in [2.05, 4.69) is 37.4 Å². The Bertz CT molecular complexity index is 1690. The van der Waals surface area contributed by atoms with Gasteiger partial charge in [0.05, 0.1) is 5.52 Å². The van der Waals surface area contributed by atoms with Gasteiger partial charge in [0.15, 0.2) is 5.69 Å². The number of hydrogen-bond acceptors (Lipinski definition) is 7. The van der Waals surface area contributed by atoms with Crippen LogP contribution in [0.1, 0.15) is 34.6 Å². The number of pyridine rings is 1. The molecule has 6 rings (SSSR count). The second kappa shape index (κ2) is 9.81. The van der Waals surface area contributed by atoms with Crippen LogP contribution in [0, 0.1) is 17.8 Å². The summed E-state index contributed by atoms with van der Waals surface area (Å²) in [6.45, 7) is -0.156. The highest BCUT2D eigenvalue weighted by Gasteiger charge is 2.56. The van der Waals surface area contributed by atoms with Crippen molar-refractivity contribution in [3.8, 4) is 11.8 Å². The van der Waals surface area contributed by atoms with E-state index < -0.39 is 11.9 Å². The van der Waals surface area contributed by atoms with E-state index in [-0.39, 0.29) is 41.2 Å². The number of anilines is 1. The Balaban J connectivity index is 1.25. The first-order valence-electron chi connectivity index (χ1n) is 12.2. The Morgan fingerprint density at radius 3 is 2.74 bits per heavy atom. The molecule has 2 fully saturated rings. The van der Waals surface area contributed by atoms with Gasteiger partial charge in [-0.2, -0.15) is 10.2 Å².